The van der Waals surface area contributed by atoms with E-state index in [2.05, 4.69) is 21.1 Å². The first kappa shape index (κ1) is 29.8. The van der Waals surface area contributed by atoms with E-state index >= 15 is 0 Å². The first-order valence-corrected chi connectivity index (χ1v) is 13.5. The van der Waals surface area contributed by atoms with Crippen molar-refractivity contribution in [2.24, 2.45) is 11.8 Å². The second-order valence-corrected chi connectivity index (χ2v) is 11.2. The van der Waals surface area contributed by atoms with Crippen molar-refractivity contribution in [2.75, 3.05) is 20.3 Å². The molecule has 2 aliphatic rings. The van der Waals surface area contributed by atoms with Gasteiger partial charge >= 0.3 is 0 Å². The van der Waals surface area contributed by atoms with Crippen LogP contribution in [0.4, 0.5) is 0 Å². The molecule has 1 aromatic heterocycles. The zero-order chi connectivity index (χ0) is 27.9. The Labute approximate surface area is 224 Å². The molecule has 0 spiro atoms. The minimum atomic E-state index is -1.06. The van der Waals surface area contributed by atoms with Crippen molar-refractivity contribution in [1.29, 1.82) is 0 Å². The van der Waals surface area contributed by atoms with E-state index in [0.29, 0.717) is 25.2 Å². The van der Waals surface area contributed by atoms with Gasteiger partial charge in [-0.1, -0.05) is 51.1 Å². The van der Waals surface area contributed by atoms with Crippen LogP contribution in [0.15, 0.2) is 10.6 Å². The summed E-state index contributed by atoms with van der Waals surface area (Å²) >= 11 is 0. The summed E-state index contributed by atoms with van der Waals surface area (Å²) in [5.41, 5.74) is -0.832. The highest BCUT2D eigenvalue weighted by atomic mass is 16.6. The van der Waals surface area contributed by atoms with Crippen LogP contribution in [-0.4, -0.2) is 72.7 Å². The fourth-order valence-corrected chi connectivity index (χ4v) is 4.91. The third-order valence-corrected chi connectivity index (χ3v) is 7.18. The first-order chi connectivity index (χ1) is 18.0. The summed E-state index contributed by atoms with van der Waals surface area (Å²) in [7, 11) is 1.42. The highest BCUT2D eigenvalue weighted by Crippen LogP contribution is 2.30. The lowest BCUT2D eigenvalue weighted by atomic mass is 9.84. The van der Waals surface area contributed by atoms with Crippen LogP contribution < -0.4 is 16.0 Å². The van der Waals surface area contributed by atoms with E-state index in [0.717, 1.165) is 32.1 Å². The number of nitrogens with zero attached hydrogens (tertiary/aromatic N) is 1. The lowest BCUT2D eigenvalue weighted by Crippen LogP contribution is -2.58. The maximum atomic E-state index is 13.6. The third-order valence-electron chi connectivity index (χ3n) is 7.18. The largest absolute Gasteiger partial charge is 0.382 e. The molecule has 3 N–H and O–H groups in total. The Kier molecular flexibility index (Phi) is 10.4. The van der Waals surface area contributed by atoms with Crippen LogP contribution in [0.25, 0.3) is 0 Å². The van der Waals surface area contributed by atoms with Crippen molar-refractivity contribution in [1.82, 2.24) is 21.1 Å². The predicted octanol–water partition coefficient (Wildman–Crippen LogP) is 2.07. The fraction of sp³-hybridized carbons (Fsp3) is 0.741. The van der Waals surface area contributed by atoms with Crippen LogP contribution in [0, 0.1) is 18.8 Å². The van der Waals surface area contributed by atoms with Crippen molar-refractivity contribution in [2.45, 2.75) is 96.4 Å². The molecule has 3 amide bonds. The summed E-state index contributed by atoms with van der Waals surface area (Å²) in [6.45, 7) is 7.59. The van der Waals surface area contributed by atoms with E-state index in [1.54, 1.807) is 13.8 Å². The molecule has 0 bridgehead atoms. The second-order valence-electron chi connectivity index (χ2n) is 11.2. The number of carbonyl (C=O) groups excluding carboxylic acids is 4. The van der Waals surface area contributed by atoms with Crippen LogP contribution in [0.1, 0.15) is 82.0 Å². The van der Waals surface area contributed by atoms with Gasteiger partial charge in [0.2, 0.25) is 11.8 Å². The number of nitrogens with one attached hydrogen (secondary N) is 3. The number of ketones is 1. The number of hydrogen-bond donors (Lipinski definition) is 3. The van der Waals surface area contributed by atoms with Crippen LogP contribution in [0.3, 0.4) is 0 Å². The Morgan fingerprint density at radius 3 is 2.24 bits per heavy atom. The number of aromatic nitrogens is 1. The maximum absolute atomic E-state index is 13.6. The highest BCUT2D eigenvalue weighted by molar-refractivity contribution is 5.99. The molecule has 212 valence electrons. The van der Waals surface area contributed by atoms with Crippen molar-refractivity contribution in [3.8, 4) is 0 Å². The Morgan fingerprint density at radius 2 is 1.68 bits per heavy atom. The number of carbonyl (C=O) groups is 4. The van der Waals surface area contributed by atoms with Gasteiger partial charge in [0.05, 0.1) is 19.3 Å². The Balaban J connectivity index is 1.74. The molecule has 0 radical (unpaired) electrons. The normalized spacial score (nSPS) is 21.8. The van der Waals surface area contributed by atoms with Gasteiger partial charge in [0, 0.05) is 13.2 Å². The molecule has 1 saturated carbocycles. The van der Waals surface area contributed by atoms with E-state index < -0.39 is 41.4 Å². The molecular weight excluding hydrogens is 492 g/mol. The number of aryl methyl sites for hydroxylation is 1. The Bertz CT molecular complexity index is 982. The van der Waals surface area contributed by atoms with E-state index in [4.69, 9.17) is 14.0 Å². The van der Waals surface area contributed by atoms with E-state index in [-0.39, 0.29) is 29.9 Å². The van der Waals surface area contributed by atoms with Crippen LogP contribution in [0.5, 0.6) is 0 Å². The van der Waals surface area contributed by atoms with Crippen molar-refractivity contribution in [3.63, 3.8) is 0 Å². The van der Waals surface area contributed by atoms with Gasteiger partial charge in [-0.15, -0.1) is 0 Å². The van der Waals surface area contributed by atoms with Crippen molar-refractivity contribution < 1.29 is 33.2 Å². The van der Waals surface area contributed by atoms with Crippen LogP contribution in [-0.2, 0) is 23.9 Å². The summed E-state index contributed by atoms with van der Waals surface area (Å²) in [6, 6.07) is -1.18. The summed E-state index contributed by atoms with van der Waals surface area (Å²) in [6.07, 6.45) is 6.18. The topological polar surface area (TPSA) is 152 Å². The van der Waals surface area contributed by atoms with Crippen molar-refractivity contribution in [3.05, 3.63) is 17.5 Å². The SMILES string of the molecule is COC[C@H](NC(=O)c1cc(C)on1)C(=O)N[C@@H](CC1CCCCC1)C(=O)N[C@@H](CC(C)C)C(=O)[C@@]1(C)CO1. The van der Waals surface area contributed by atoms with Gasteiger partial charge in [-0.3, -0.25) is 19.2 Å². The molecule has 0 aromatic carbocycles. The number of epoxide rings is 1. The molecular formula is C27H42N4O7. The second kappa shape index (κ2) is 13.3. The molecule has 1 aliphatic heterocycles. The Hall–Kier alpha value is -2.79. The molecule has 1 aromatic rings. The average Bonchev–Trinajstić information content (AvgIpc) is 3.48. The minimum Gasteiger partial charge on any atom is -0.382 e. The molecule has 0 unspecified atom stereocenters. The van der Waals surface area contributed by atoms with Gasteiger partial charge in [-0.25, -0.2) is 0 Å². The minimum absolute atomic E-state index is 0.0405. The van der Waals surface area contributed by atoms with Crippen LogP contribution in [0.2, 0.25) is 0 Å². The van der Waals surface area contributed by atoms with Gasteiger partial charge in [0.25, 0.3) is 5.91 Å². The molecule has 4 atom stereocenters. The molecule has 2 fully saturated rings. The fourth-order valence-electron chi connectivity index (χ4n) is 4.91. The Morgan fingerprint density at radius 1 is 1.05 bits per heavy atom. The van der Waals surface area contributed by atoms with E-state index in [1.807, 2.05) is 13.8 Å². The number of Topliss-reactive ketones (excluding diaryl/α,β-unsaturated/α-hetero) is 1. The zero-order valence-corrected chi connectivity index (χ0v) is 23.1. The maximum Gasteiger partial charge on any atom is 0.274 e. The number of ether oxygens (including phenoxy) is 2. The summed E-state index contributed by atoms with van der Waals surface area (Å²) < 4.78 is 15.5. The van der Waals surface area contributed by atoms with E-state index in [9.17, 15) is 19.2 Å². The number of methoxy groups -OCH3 is 1. The zero-order valence-electron chi connectivity index (χ0n) is 23.1. The van der Waals surface area contributed by atoms with Gasteiger partial charge in [0.1, 0.15) is 23.4 Å². The molecule has 2 heterocycles. The molecule has 1 aliphatic carbocycles. The molecule has 38 heavy (non-hydrogen) atoms. The van der Waals surface area contributed by atoms with Crippen molar-refractivity contribution >= 4 is 23.5 Å². The smallest absolute Gasteiger partial charge is 0.274 e. The quantitative estimate of drug-likeness (QED) is 0.307. The van der Waals surface area contributed by atoms with E-state index in [1.165, 1.54) is 13.2 Å². The number of rotatable bonds is 14. The summed E-state index contributed by atoms with van der Waals surface area (Å²) in [4.78, 5) is 52.6. The number of hydrogen-bond acceptors (Lipinski definition) is 8. The lowest BCUT2D eigenvalue weighted by molar-refractivity contribution is -0.134. The van der Waals surface area contributed by atoms with Gasteiger partial charge < -0.3 is 29.9 Å². The van der Waals surface area contributed by atoms with Gasteiger partial charge in [-0.05, 0) is 38.5 Å². The summed E-state index contributed by atoms with van der Waals surface area (Å²) in [5, 5.41) is 12.0. The van der Waals surface area contributed by atoms with Gasteiger partial charge in [-0.2, -0.15) is 0 Å². The van der Waals surface area contributed by atoms with Gasteiger partial charge in [0.15, 0.2) is 11.5 Å². The molecule has 11 heteroatoms. The third kappa shape index (κ3) is 8.36. The lowest BCUT2D eigenvalue weighted by Gasteiger charge is -2.29. The summed E-state index contributed by atoms with van der Waals surface area (Å²) in [5.74, 6) is -0.816. The molecule has 3 rings (SSSR count). The average molecular weight is 535 g/mol. The standard InChI is InChI=1S/C27H42N4O7/c1-16(2)11-19(23(32)27(4)15-37-27)28-24(33)20(13-18-9-7-6-8-10-18)29-26(35)22(14-36-5)30-25(34)21-12-17(3)38-31-21/h12,16,18-20,22H,6-11,13-15H2,1-5H3,(H,28,33)(H,29,35)(H,30,34)/t19-,20-,22-,27+/m0/s1. The first-order valence-electron chi connectivity index (χ1n) is 13.5. The van der Waals surface area contributed by atoms with Crippen LogP contribution >= 0.6 is 0 Å². The monoisotopic (exact) mass is 534 g/mol. The highest BCUT2D eigenvalue weighted by Gasteiger charge is 2.50. The molecule has 1 saturated heterocycles. The number of amides is 3. The predicted molar refractivity (Wildman–Crippen MR) is 138 cm³/mol. The molecule has 11 nitrogen and oxygen atoms in total.